The van der Waals surface area contributed by atoms with Gasteiger partial charge in [0.25, 0.3) is 0 Å². The molecule has 0 aliphatic heterocycles. The van der Waals surface area contributed by atoms with E-state index in [0.717, 1.165) is 17.6 Å². The summed E-state index contributed by atoms with van der Waals surface area (Å²) >= 11 is 3.46. The third-order valence-corrected chi connectivity index (χ3v) is 3.12. The molecule has 3 nitrogen and oxygen atoms in total. The van der Waals surface area contributed by atoms with Crippen molar-refractivity contribution in [2.24, 2.45) is 0 Å². The lowest BCUT2D eigenvalue weighted by atomic mass is 10.2. The van der Waals surface area contributed by atoms with Gasteiger partial charge in [0.15, 0.2) is 0 Å². The Kier molecular flexibility index (Phi) is 3.21. The summed E-state index contributed by atoms with van der Waals surface area (Å²) in [4.78, 5) is 0. The Morgan fingerprint density at radius 3 is 2.64 bits per heavy atom. The smallest absolute Gasteiger partial charge is 0.143 e. The monoisotopic (exact) mass is 257 g/mol. The SMILES string of the molecule is CCCCc1nnc(CBr)n1C1CC1. The first-order valence-corrected chi connectivity index (χ1v) is 6.47. The second-order valence-corrected chi connectivity index (χ2v) is 4.43. The number of unbranched alkanes of at least 4 members (excludes halogenated alkanes) is 1. The normalized spacial score (nSPS) is 16.1. The zero-order valence-corrected chi connectivity index (χ0v) is 10.1. The molecular formula is C10H16BrN3. The molecule has 0 saturated heterocycles. The zero-order valence-electron chi connectivity index (χ0n) is 8.54. The summed E-state index contributed by atoms with van der Waals surface area (Å²) in [6.45, 7) is 2.21. The summed E-state index contributed by atoms with van der Waals surface area (Å²) in [6.07, 6.45) is 6.12. The van der Waals surface area contributed by atoms with Gasteiger partial charge in [-0.1, -0.05) is 29.3 Å². The van der Waals surface area contributed by atoms with Gasteiger partial charge in [-0.05, 0) is 19.3 Å². The van der Waals surface area contributed by atoms with Crippen molar-refractivity contribution in [2.75, 3.05) is 0 Å². The van der Waals surface area contributed by atoms with Crippen LogP contribution in [0, 0.1) is 0 Å². The lowest BCUT2D eigenvalue weighted by molar-refractivity contribution is 0.636. The van der Waals surface area contributed by atoms with Gasteiger partial charge >= 0.3 is 0 Å². The molecule has 1 aliphatic carbocycles. The maximum absolute atomic E-state index is 4.27. The maximum atomic E-state index is 4.27. The summed E-state index contributed by atoms with van der Waals surface area (Å²) in [5.41, 5.74) is 0. The van der Waals surface area contributed by atoms with Crippen LogP contribution in [-0.4, -0.2) is 14.8 Å². The first kappa shape index (κ1) is 10.1. The maximum Gasteiger partial charge on any atom is 0.143 e. The van der Waals surface area contributed by atoms with Gasteiger partial charge in [0.1, 0.15) is 11.6 Å². The second-order valence-electron chi connectivity index (χ2n) is 3.87. The van der Waals surface area contributed by atoms with Crippen LogP contribution in [0.5, 0.6) is 0 Å². The first-order chi connectivity index (χ1) is 6.86. The molecule has 1 saturated carbocycles. The van der Waals surface area contributed by atoms with Gasteiger partial charge in [0, 0.05) is 12.5 Å². The summed E-state index contributed by atoms with van der Waals surface area (Å²) in [6, 6.07) is 0.699. The summed E-state index contributed by atoms with van der Waals surface area (Å²) < 4.78 is 2.34. The highest BCUT2D eigenvalue weighted by Crippen LogP contribution is 2.37. The van der Waals surface area contributed by atoms with Crippen LogP contribution in [0.4, 0.5) is 0 Å². The average Bonchev–Trinajstić information content (AvgIpc) is 2.96. The molecule has 1 fully saturated rings. The zero-order chi connectivity index (χ0) is 9.97. The third kappa shape index (κ3) is 2.00. The highest BCUT2D eigenvalue weighted by molar-refractivity contribution is 9.08. The van der Waals surface area contributed by atoms with Crippen LogP contribution in [0.15, 0.2) is 0 Å². The van der Waals surface area contributed by atoms with E-state index in [1.807, 2.05) is 0 Å². The quantitative estimate of drug-likeness (QED) is 0.760. The van der Waals surface area contributed by atoms with Crippen molar-refractivity contribution in [1.29, 1.82) is 0 Å². The molecule has 0 radical (unpaired) electrons. The number of aromatic nitrogens is 3. The standard InChI is InChI=1S/C10H16BrN3/c1-2-3-4-9-12-13-10(7-11)14(9)8-5-6-8/h8H,2-7H2,1H3. The minimum Gasteiger partial charge on any atom is -0.311 e. The van der Waals surface area contributed by atoms with Gasteiger partial charge in [-0.2, -0.15) is 0 Å². The van der Waals surface area contributed by atoms with E-state index in [-0.39, 0.29) is 0 Å². The predicted molar refractivity (Wildman–Crippen MR) is 59.5 cm³/mol. The molecule has 4 heteroatoms. The van der Waals surface area contributed by atoms with Gasteiger partial charge in [-0.15, -0.1) is 10.2 Å². The van der Waals surface area contributed by atoms with Crippen molar-refractivity contribution in [3.05, 3.63) is 11.6 Å². The third-order valence-electron chi connectivity index (χ3n) is 2.62. The molecule has 2 rings (SSSR count). The molecule has 0 amide bonds. The van der Waals surface area contributed by atoms with E-state index in [1.54, 1.807) is 0 Å². The van der Waals surface area contributed by atoms with Gasteiger partial charge in [-0.3, -0.25) is 0 Å². The van der Waals surface area contributed by atoms with Gasteiger partial charge < -0.3 is 4.57 Å². The van der Waals surface area contributed by atoms with E-state index in [2.05, 4.69) is 37.6 Å². The van der Waals surface area contributed by atoms with Crippen LogP contribution < -0.4 is 0 Å². The average molecular weight is 258 g/mol. The van der Waals surface area contributed by atoms with E-state index in [4.69, 9.17) is 0 Å². The van der Waals surface area contributed by atoms with Gasteiger partial charge in [-0.25, -0.2) is 0 Å². The summed E-state index contributed by atoms with van der Waals surface area (Å²) in [5, 5.41) is 9.31. The van der Waals surface area contributed by atoms with E-state index in [9.17, 15) is 0 Å². The van der Waals surface area contributed by atoms with Crippen LogP contribution >= 0.6 is 15.9 Å². The molecular weight excluding hydrogens is 242 g/mol. The largest absolute Gasteiger partial charge is 0.311 e. The van der Waals surface area contributed by atoms with Crippen molar-refractivity contribution >= 4 is 15.9 Å². The van der Waals surface area contributed by atoms with E-state index >= 15 is 0 Å². The Hall–Kier alpha value is -0.380. The van der Waals surface area contributed by atoms with Crippen LogP contribution in [0.25, 0.3) is 0 Å². The number of alkyl halides is 1. The Morgan fingerprint density at radius 2 is 2.07 bits per heavy atom. The molecule has 0 N–H and O–H groups in total. The molecule has 0 bridgehead atoms. The van der Waals surface area contributed by atoms with Crippen LogP contribution in [0.2, 0.25) is 0 Å². The molecule has 0 atom stereocenters. The topological polar surface area (TPSA) is 30.7 Å². The Morgan fingerprint density at radius 1 is 1.36 bits per heavy atom. The number of hydrogen-bond acceptors (Lipinski definition) is 2. The lowest BCUT2D eigenvalue weighted by Gasteiger charge is -2.06. The molecule has 1 heterocycles. The molecule has 0 spiro atoms. The van der Waals surface area contributed by atoms with Crippen LogP contribution in [0.1, 0.15) is 50.3 Å². The van der Waals surface area contributed by atoms with Crippen molar-refractivity contribution in [2.45, 2.75) is 50.4 Å². The predicted octanol–water partition coefficient (Wildman–Crippen LogP) is 2.85. The fourth-order valence-electron chi connectivity index (χ4n) is 1.71. The number of aryl methyl sites for hydroxylation is 1. The fourth-order valence-corrected chi connectivity index (χ4v) is 2.09. The number of hydrogen-bond donors (Lipinski definition) is 0. The lowest BCUT2D eigenvalue weighted by Crippen LogP contribution is -2.04. The molecule has 78 valence electrons. The highest BCUT2D eigenvalue weighted by atomic mass is 79.9. The second kappa shape index (κ2) is 4.43. The summed E-state index contributed by atoms with van der Waals surface area (Å²) in [7, 11) is 0. The Bertz CT molecular complexity index is 304. The van der Waals surface area contributed by atoms with Crippen LogP contribution in [-0.2, 0) is 11.8 Å². The molecule has 1 aromatic heterocycles. The number of halogens is 1. The minimum absolute atomic E-state index is 0.699. The molecule has 1 aromatic rings. The van der Waals surface area contributed by atoms with Crippen molar-refractivity contribution < 1.29 is 0 Å². The first-order valence-electron chi connectivity index (χ1n) is 5.35. The minimum atomic E-state index is 0.699. The van der Waals surface area contributed by atoms with Gasteiger partial charge in [0.05, 0.1) is 5.33 Å². The Balaban J connectivity index is 2.16. The number of rotatable bonds is 5. The van der Waals surface area contributed by atoms with E-state index in [0.29, 0.717) is 6.04 Å². The van der Waals surface area contributed by atoms with Crippen molar-refractivity contribution in [3.63, 3.8) is 0 Å². The van der Waals surface area contributed by atoms with Crippen molar-refractivity contribution in [3.8, 4) is 0 Å². The van der Waals surface area contributed by atoms with Crippen LogP contribution in [0.3, 0.4) is 0 Å². The Labute approximate surface area is 93.0 Å². The van der Waals surface area contributed by atoms with E-state index in [1.165, 1.54) is 31.5 Å². The number of nitrogens with zero attached hydrogens (tertiary/aromatic N) is 3. The van der Waals surface area contributed by atoms with E-state index < -0.39 is 0 Å². The van der Waals surface area contributed by atoms with Crippen molar-refractivity contribution in [1.82, 2.24) is 14.8 Å². The fraction of sp³-hybridized carbons (Fsp3) is 0.800. The molecule has 1 aliphatic rings. The molecule has 0 unspecified atom stereocenters. The van der Waals surface area contributed by atoms with Gasteiger partial charge in [0.2, 0.25) is 0 Å². The molecule has 0 aromatic carbocycles. The molecule has 14 heavy (non-hydrogen) atoms. The summed E-state index contributed by atoms with van der Waals surface area (Å²) in [5.74, 6) is 2.28. The highest BCUT2D eigenvalue weighted by Gasteiger charge is 2.28.